The minimum Gasteiger partial charge on any atom is -0.369 e. The first-order valence-electron chi connectivity index (χ1n) is 6.87. The fourth-order valence-corrected chi connectivity index (χ4v) is 3.12. The van der Waals surface area contributed by atoms with Crippen molar-refractivity contribution in [1.29, 1.82) is 0 Å². The molecule has 2 rings (SSSR count). The number of thiophene rings is 1. The highest BCUT2D eigenvalue weighted by molar-refractivity contribution is 7.18. The Morgan fingerprint density at radius 3 is 2.60 bits per heavy atom. The van der Waals surface area contributed by atoms with Crippen LogP contribution in [0.3, 0.4) is 0 Å². The van der Waals surface area contributed by atoms with Crippen LogP contribution in [0.25, 0.3) is 10.2 Å². The van der Waals surface area contributed by atoms with Crippen LogP contribution in [0.5, 0.6) is 0 Å². The van der Waals surface area contributed by atoms with Crippen molar-refractivity contribution in [3.8, 4) is 0 Å². The highest BCUT2D eigenvalue weighted by atomic mass is 32.1. The molecule has 2 heterocycles. The van der Waals surface area contributed by atoms with Crippen LogP contribution >= 0.6 is 11.3 Å². The van der Waals surface area contributed by atoms with Gasteiger partial charge in [-0.15, -0.1) is 11.3 Å². The lowest BCUT2D eigenvalue weighted by molar-refractivity contribution is 0.405. The summed E-state index contributed by atoms with van der Waals surface area (Å²) in [6.07, 6.45) is 1.09. The zero-order chi connectivity index (χ0) is 14.7. The second-order valence-corrected chi connectivity index (χ2v) is 6.40. The van der Waals surface area contributed by atoms with Gasteiger partial charge < -0.3 is 15.5 Å². The van der Waals surface area contributed by atoms with Crippen molar-refractivity contribution < 1.29 is 0 Å². The highest BCUT2D eigenvalue weighted by Gasteiger charge is 2.13. The van der Waals surface area contributed by atoms with E-state index < -0.39 is 0 Å². The Kier molecular flexibility index (Phi) is 4.77. The molecule has 2 N–H and O–H groups in total. The molecule has 6 heteroatoms. The Labute approximate surface area is 124 Å². The molecule has 0 bridgehead atoms. The maximum absolute atomic E-state index is 4.57. The smallest absolute Gasteiger partial charge is 0.225 e. The van der Waals surface area contributed by atoms with Gasteiger partial charge in [-0.05, 0) is 46.5 Å². The number of nitrogens with one attached hydrogen (secondary N) is 2. The molecule has 0 aliphatic rings. The molecule has 0 aliphatic carbocycles. The maximum atomic E-state index is 4.57. The third-order valence-electron chi connectivity index (χ3n) is 3.33. The van der Waals surface area contributed by atoms with Crippen LogP contribution in [0, 0.1) is 13.8 Å². The van der Waals surface area contributed by atoms with Crippen molar-refractivity contribution in [2.24, 2.45) is 0 Å². The average Bonchev–Trinajstić information content (AvgIpc) is 2.69. The van der Waals surface area contributed by atoms with Gasteiger partial charge >= 0.3 is 0 Å². The van der Waals surface area contributed by atoms with Crippen LogP contribution in [-0.4, -0.2) is 49.1 Å². The summed E-state index contributed by atoms with van der Waals surface area (Å²) in [5.74, 6) is 1.62. The summed E-state index contributed by atoms with van der Waals surface area (Å²) in [5, 5.41) is 7.66. The van der Waals surface area contributed by atoms with Gasteiger partial charge in [-0.2, -0.15) is 4.98 Å². The molecule has 0 fully saturated rings. The number of hydrogen-bond donors (Lipinski definition) is 2. The Morgan fingerprint density at radius 1 is 1.20 bits per heavy atom. The van der Waals surface area contributed by atoms with E-state index in [0.29, 0.717) is 5.95 Å². The minimum atomic E-state index is 0.675. The summed E-state index contributed by atoms with van der Waals surface area (Å²) in [7, 11) is 6.03. The van der Waals surface area contributed by atoms with E-state index in [1.54, 1.807) is 11.3 Å². The van der Waals surface area contributed by atoms with E-state index in [1.807, 2.05) is 7.05 Å². The Hall–Kier alpha value is -1.40. The van der Waals surface area contributed by atoms with Crippen molar-refractivity contribution >= 4 is 33.3 Å². The maximum Gasteiger partial charge on any atom is 0.225 e. The summed E-state index contributed by atoms with van der Waals surface area (Å²) in [5.41, 5.74) is 1.28. The quantitative estimate of drug-likeness (QED) is 0.802. The van der Waals surface area contributed by atoms with Crippen molar-refractivity contribution in [3.05, 3.63) is 10.4 Å². The zero-order valence-electron chi connectivity index (χ0n) is 12.9. The summed E-state index contributed by atoms with van der Waals surface area (Å²) < 4.78 is 0. The topological polar surface area (TPSA) is 53.1 Å². The molecule has 20 heavy (non-hydrogen) atoms. The first-order valence-corrected chi connectivity index (χ1v) is 7.68. The third kappa shape index (κ3) is 3.19. The van der Waals surface area contributed by atoms with Gasteiger partial charge in [0.1, 0.15) is 10.6 Å². The van der Waals surface area contributed by atoms with Gasteiger partial charge in [-0.3, -0.25) is 0 Å². The number of fused-ring (bicyclic) bond motifs is 1. The Balaban J connectivity index is 2.25. The standard InChI is InChI=1S/C14H23N5S/c1-9-10(2)20-13-11(9)12(17-14(15-3)18-13)16-7-6-8-19(4)5/h6-8H2,1-5H3,(H2,15,16,17,18). The minimum absolute atomic E-state index is 0.675. The molecule has 0 spiro atoms. The molecular formula is C14H23N5S. The van der Waals surface area contributed by atoms with E-state index >= 15 is 0 Å². The predicted octanol–water partition coefficient (Wildman–Crippen LogP) is 2.71. The van der Waals surface area contributed by atoms with E-state index in [0.717, 1.165) is 35.5 Å². The fraction of sp³-hybridized carbons (Fsp3) is 0.571. The largest absolute Gasteiger partial charge is 0.369 e. The lowest BCUT2D eigenvalue weighted by atomic mass is 10.2. The predicted molar refractivity (Wildman–Crippen MR) is 88.1 cm³/mol. The molecule has 2 aromatic heterocycles. The molecular weight excluding hydrogens is 270 g/mol. The average molecular weight is 293 g/mol. The van der Waals surface area contributed by atoms with E-state index in [2.05, 4.69) is 53.4 Å². The number of nitrogens with zero attached hydrogens (tertiary/aromatic N) is 3. The van der Waals surface area contributed by atoms with Gasteiger partial charge in [0.05, 0.1) is 5.39 Å². The summed E-state index contributed by atoms with van der Waals surface area (Å²) in [6, 6.07) is 0. The van der Waals surface area contributed by atoms with E-state index in [9.17, 15) is 0 Å². The lowest BCUT2D eigenvalue weighted by Crippen LogP contribution is -2.17. The van der Waals surface area contributed by atoms with Gasteiger partial charge in [-0.1, -0.05) is 0 Å². The zero-order valence-corrected chi connectivity index (χ0v) is 13.7. The van der Waals surface area contributed by atoms with Crippen molar-refractivity contribution in [2.45, 2.75) is 20.3 Å². The van der Waals surface area contributed by atoms with Gasteiger partial charge in [0.25, 0.3) is 0 Å². The normalized spacial score (nSPS) is 11.3. The Morgan fingerprint density at radius 2 is 1.95 bits per heavy atom. The highest BCUT2D eigenvalue weighted by Crippen LogP contribution is 2.33. The number of aryl methyl sites for hydroxylation is 2. The second kappa shape index (κ2) is 6.37. The van der Waals surface area contributed by atoms with Crippen LogP contribution in [0.15, 0.2) is 0 Å². The second-order valence-electron chi connectivity index (χ2n) is 5.19. The van der Waals surface area contributed by atoms with Crippen LogP contribution in [0.4, 0.5) is 11.8 Å². The number of hydrogen-bond acceptors (Lipinski definition) is 6. The van der Waals surface area contributed by atoms with Gasteiger partial charge in [0.15, 0.2) is 0 Å². The monoisotopic (exact) mass is 293 g/mol. The molecule has 0 unspecified atom stereocenters. The molecule has 0 saturated carbocycles. The summed E-state index contributed by atoms with van der Waals surface area (Å²) in [4.78, 5) is 13.7. The first kappa shape index (κ1) is 15.0. The summed E-state index contributed by atoms with van der Waals surface area (Å²) >= 11 is 1.73. The SMILES string of the molecule is CNc1nc(NCCCN(C)C)c2c(C)c(C)sc2n1. The number of aromatic nitrogens is 2. The molecule has 0 radical (unpaired) electrons. The van der Waals surface area contributed by atoms with Crippen LogP contribution in [-0.2, 0) is 0 Å². The molecule has 0 amide bonds. The number of rotatable bonds is 6. The first-order chi connectivity index (χ1) is 9.52. The van der Waals surface area contributed by atoms with E-state index in [1.165, 1.54) is 10.4 Å². The molecule has 0 saturated heterocycles. The summed E-state index contributed by atoms with van der Waals surface area (Å²) in [6.45, 7) is 6.27. The van der Waals surface area contributed by atoms with Crippen molar-refractivity contribution in [2.75, 3.05) is 44.9 Å². The molecule has 0 atom stereocenters. The molecule has 0 aliphatic heterocycles. The van der Waals surface area contributed by atoms with Crippen molar-refractivity contribution in [1.82, 2.24) is 14.9 Å². The van der Waals surface area contributed by atoms with Gasteiger partial charge in [0.2, 0.25) is 5.95 Å². The molecule has 5 nitrogen and oxygen atoms in total. The van der Waals surface area contributed by atoms with Gasteiger partial charge in [-0.25, -0.2) is 4.98 Å². The molecule has 0 aromatic carbocycles. The lowest BCUT2D eigenvalue weighted by Gasteiger charge is -2.12. The molecule has 2 aromatic rings. The third-order valence-corrected chi connectivity index (χ3v) is 4.43. The molecule has 110 valence electrons. The van der Waals surface area contributed by atoms with Crippen molar-refractivity contribution in [3.63, 3.8) is 0 Å². The Bertz CT molecular complexity index is 591. The number of anilines is 2. The van der Waals surface area contributed by atoms with Crippen LogP contribution in [0.1, 0.15) is 16.9 Å². The van der Waals surface area contributed by atoms with Crippen LogP contribution < -0.4 is 10.6 Å². The fourth-order valence-electron chi connectivity index (χ4n) is 2.09. The van der Waals surface area contributed by atoms with E-state index in [4.69, 9.17) is 0 Å². The van der Waals surface area contributed by atoms with Gasteiger partial charge in [0, 0.05) is 18.5 Å². The van der Waals surface area contributed by atoms with Crippen LogP contribution in [0.2, 0.25) is 0 Å². The van der Waals surface area contributed by atoms with E-state index in [-0.39, 0.29) is 0 Å².